The van der Waals surface area contributed by atoms with Crippen molar-refractivity contribution in [3.8, 4) is 5.69 Å². The fourth-order valence-electron chi connectivity index (χ4n) is 3.78. The van der Waals surface area contributed by atoms with Crippen molar-refractivity contribution < 1.29 is 9.53 Å². The maximum atomic E-state index is 12.5. The van der Waals surface area contributed by atoms with Crippen LogP contribution in [0, 0.1) is 6.92 Å². The summed E-state index contributed by atoms with van der Waals surface area (Å²) >= 11 is 0. The molecule has 8 nitrogen and oxygen atoms in total. The van der Waals surface area contributed by atoms with E-state index in [2.05, 4.69) is 25.7 Å². The summed E-state index contributed by atoms with van der Waals surface area (Å²) in [7, 11) is 0. The number of nitrogens with zero attached hydrogens (tertiary/aromatic N) is 5. The average Bonchev–Trinajstić information content (AvgIpc) is 3.37. The predicted molar refractivity (Wildman–Crippen MR) is 94.9 cm³/mol. The van der Waals surface area contributed by atoms with Gasteiger partial charge in [-0.25, -0.2) is 0 Å². The van der Waals surface area contributed by atoms with Crippen LogP contribution in [-0.4, -0.2) is 69.4 Å². The Morgan fingerprint density at radius 1 is 1.23 bits per heavy atom. The van der Waals surface area contributed by atoms with E-state index in [1.807, 2.05) is 31.2 Å². The highest BCUT2D eigenvalue weighted by Gasteiger charge is 2.35. The van der Waals surface area contributed by atoms with Gasteiger partial charge in [0.25, 0.3) is 0 Å². The molecule has 0 bridgehead atoms. The van der Waals surface area contributed by atoms with E-state index in [1.54, 1.807) is 4.68 Å². The lowest BCUT2D eigenvalue weighted by Crippen LogP contribution is -2.50. The molecule has 2 saturated heterocycles. The van der Waals surface area contributed by atoms with E-state index in [-0.39, 0.29) is 11.9 Å². The topological polar surface area (TPSA) is 85.2 Å². The Bertz CT molecular complexity index is 753. The summed E-state index contributed by atoms with van der Waals surface area (Å²) in [6.07, 6.45) is 2.84. The zero-order valence-corrected chi connectivity index (χ0v) is 15.0. The molecule has 4 rings (SSSR count). The highest BCUT2D eigenvalue weighted by atomic mass is 16.5. The first kappa shape index (κ1) is 17.1. The smallest absolute Gasteiger partial charge is 0.224 e. The summed E-state index contributed by atoms with van der Waals surface area (Å²) in [5.74, 6) is 0.765. The largest absolute Gasteiger partial charge is 0.378 e. The van der Waals surface area contributed by atoms with Crippen LogP contribution in [0.4, 0.5) is 0 Å². The number of hydrogen-bond acceptors (Lipinski definition) is 6. The fourth-order valence-corrected chi connectivity index (χ4v) is 3.78. The third kappa shape index (κ3) is 3.61. The zero-order valence-electron chi connectivity index (χ0n) is 15.0. The molecular weight excluding hydrogens is 332 g/mol. The molecule has 1 aromatic carbocycles. The van der Waals surface area contributed by atoms with E-state index in [0.29, 0.717) is 25.7 Å². The Balaban J connectivity index is 1.35. The van der Waals surface area contributed by atoms with Crippen molar-refractivity contribution in [1.82, 2.24) is 30.4 Å². The van der Waals surface area contributed by atoms with Crippen molar-refractivity contribution in [3.05, 3.63) is 35.7 Å². The number of likely N-dealkylation sites (tertiary alicyclic amines) is 1. The number of tetrazole rings is 1. The Kier molecular flexibility index (Phi) is 4.94. The summed E-state index contributed by atoms with van der Waals surface area (Å²) in [5.41, 5.74) is 1.85. The molecule has 2 aliphatic rings. The van der Waals surface area contributed by atoms with Crippen molar-refractivity contribution in [1.29, 1.82) is 0 Å². The van der Waals surface area contributed by atoms with Crippen LogP contribution < -0.4 is 5.32 Å². The minimum absolute atomic E-state index is 0.0380. The molecule has 1 N–H and O–H groups in total. The van der Waals surface area contributed by atoms with Crippen LogP contribution in [0.3, 0.4) is 0 Å². The van der Waals surface area contributed by atoms with Crippen molar-refractivity contribution in [3.63, 3.8) is 0 Å². The van der Waals surface area contributed by atoms with Crippen LogP contribution in [0.25, 0.3) is 5.69 Å². The summed E-state index contributed by atoms with van der Waals surface area (Å²) in [6.45, 7) is 5.38. The second-order valence-corrected chi connectivity index (χ2v) is 7.00. The van der Waals surface area contributed by atoms with Crippen LogP contribution in [0.15, 0.2) is 24.3 Å². The van der Waals surface area contributed by atoms with E-state index < -0.39 is 0 Å². The van der Waals surface area contributed by atoms with E-state index in [0.717, 1.165) is 30.2 Å². The van der Waals surface area contributed by atoms with Crippen LogP contribution in [0.5, 0.6) is 0 Å². The second kappa shape index (κ2) is 7.51. The number of nitrogens with one attached hydrogen (secondary N) is 1. The molecule has 0 aliphatic carbocycles. The van der Waals surface area contributed by atoms with Gasteiger partial charge in [-0.1, -0.05) is 12.1 Å². The van der Waals surface area contributed by atoms with Gasteiger partial charge in [-0.05, 0) is 61.0 Å². The van der Waals surface area contributed by atoms with Crippen LogP contribution in [0.2, 0.25) is 0 Å². The van der Waals surface area contributed by atoms with Gasteiger partial charge in [-0.2, -0.15) is 4.68 Å². The number of carbonyl (C=O) groups is 1. The molecule has 26 heavy (non-hydrogen) atoms. The first-order valence-electron chi connectivity index (χ1n) is 9.16. The van der Waals surface area contributed by atoms with Gasteiger partial charge in [0.05, 0.1) is 37.4 Å². The van der Waals surface area contributed by atoms with Crippen molar-refractivity contribution in [2.45, 2.75) is 38.3 Å². The first-order chi connectivity index (χ1) is 12.7. The minimum atomic E-state index is 0.0380. The van der Waals surface area contributed by atoms with E-state index >= 15 is 0 Å². The first-order valence-corrected chi connectivity index (χ1v) is 9.16. The molecule has 0 unspecified atom stereocenters. The molecule has 138 valence electrons. The van der Waals surface area contributed by atoms with Gasteiger partial charge < -0.3 is 10.1 Å². The Morgan fingerprint density at radius 2 is 2.00 bits per heavy atom. The molecule has 2 aromatic rings. The molecule has 2 aliphatic heterocycles. The SMILES string of the molecule is Cc1nnnn1-c1ccc(CC(=O)N[C@H]2COC[C@@H]2N2CCCC2)cc1. The van der Waals surface area contributed by atoms with Gasteiger partial charge in [-0.15, -0.1) is 5.10 Å². The minimum Gasteiger partial charge on any atom is -0.378 e. The second-order valence-electron chi connectivity index (χ2n) is 7.00. The summed E-state index contributed by atoms with van der Waals surface area (Å²) in [5, 5.41) is 14.6. The lowest BCUT2D eigenvalue weighted by molar-refractivity contribution is -0.121. The lowest BCUT2D eigenvalue weighted by Gasteiger charge is -2.27. The molecule has 0 radical (unpaired) electrons. The number of rotatable bonds is 5. The quantitative estimate of drug-likeness (QED) is 0.839. The average molecular weight is 356 g/mol. The Hall–Kier alpha value is -2.32. The van der Waals surface area contributed by atoms with Gasteiger partial charge in [0, 0.05) is 0 Å². The fraction of sp³-hybridized carbons (Fsp3) is 0.556. The number of hydrogen-bond donors (Lipinski definition) is 1. The lowest BCUT2D eigenvalue weighted by atomic mass is 10.1. The monoisotopic (exact) mass is 356 g/mol. The molecule has 8 heteroatoms. The normalized spacial score (nSPS) is 23.4. The van der Waals surface area contributed by atoms with E-state index in [1.165, 1.54) is 12.8 Å². The van der Waals surface area contributed by atoms with Crippen LogP contribution >= 0.6 is 0 Å². The predicted octanol–water partition coefficient (Wildman–Crippen LogP) is 0.493. The molecule has 0 spiro atoms. The van der Waals surface area contributed by atoms with Crippen molar-refractivity contribution in [2.24, 2.45) is 0 Å². The van der Waals surface area contributed by atoms with E-state index in [4.69, 9.17) is 4.74 Å². The highest BCUT2D eigenvalue weighted by molar-refractivity contribution is 5.79. The Labute approximate surface area is 152 Å². The third-order valence-electron chi connectivity index (χ3n) is 5.18. The van der Waals surface area contributed by atoms with Gasteiger partial charge in [0.1, 0.15) is 0 Å². The van der Waals surface area contributed by atoms with Gasteiger partial charge in [-0.3, -0.25) is 9.69 Å². The number of ether oxygens (including phenoxy) is 1. The van der Waals surface area contributed by atoms with Crippen LogP contribution in [0.1, 0.15) is 24.2 Å². The maximum absolute atomic E-state index is 12.5. The molecule has 1 amide bonds. The molecule has 0 saturated carbocycles. The molecule has 2 atom stereocenters. The number of aryl methyl sites for hydroxylation is 1. The van der Waals surface area contributed by atoms with Gasteiger partial charge in [0.15, 0.2) is 5.82 Å². The maximum Gasteiger partial charge on any atom is 0.224 e. The molecule has 3 heterocycles. The van der Waals surface area contributed by atoms with Gasteiger partial charge >= 0.3 is 0 Å². The highest BCUT2D eigenvalue weighted by Crippen LogP contribution is 2.19. The number of aromatic nitrogens is 4. The molecule has 1 aromatic heterocycles. The number of benzene rings is 1. The molecular formula is C18H24N6O2. The Morgan fingerprint density at radius 3 is 2.69 bits per heavy atom. The standard InChI is InChI=1S/C18H24N6O2/c1-13-20-21-22-24(13)15-6-4-14(5-7-15)10-18(25)19-16-11-26-12-17(16)23-8-2-3-9-23/h4-7,16-17H,2-3,8-12H2,1H3,(H,19,25)/t16-,17-/m0/s1. The van der Waals surface area contributed by atoms with E-state index in [9.17, 15) is 4.79 Å². The van der Waals surface area contributed by atoms with Crippen molar-refractivity contribution >= 4 is 5.91 Å². The molecule has 2 fully saturated rings. The van der Waals surface area contributed by atoms with Crippen LogP contribution in [-0.2, 0) is 16.0 Å². The summed E-state index contributed by atoms with van der Waals surface area (Å²) in [4.78, 5) is 14.9. The van der Waals surface area contributed by atoms with Crippen molar-refractivity contribution in [2.75, 3.05) is 26.3 Å². The number of carbonyl (C=O) groups excluding carboxylic acids is 1. The third-order valence-corrected chi connectivity index (χ3v) is 5.18. The zero-order chi connectivity index (χ0) is 17.9. The summed E-state index contributed by atoms with van der Waals surface area (Å²) in [6, 6.07) is 8.14. The number of amides is 1. The van der Waals surface area contributed by atoms with Gasteiger partial charge in [0.2, 0.25) is 5.91 Å². The summed E-state index contributed by atoms with van der Waals surface area (Å²) < 4.78 is 7.29.